The molecule has 0 aromatic heterocycles. The van der Waals surface area contributed by atoms with E-state index >= 15 is 0 Å². The first-order chi connectivity index (χ1) is 5.00. The lowest BCUT2D eigenvalue weighted by Crippen LogP contribution is -2.24. The molecule has 4 heteroatoms. The van der Waals surface area contributed by atoms with Gasteiger partial charge in [0.2, 0.25) is 0 Å². The van der Waals surface area contributed by atoms with Crippen LogP contribution in [0.4, 0.5) is 13.2 Å². The molecule has 60 valence electrons. The van der Waals surface area contributed by atoms with E-state index in [0.29, 0.717) is 11.9 Å². The van der Waals surface area contributed by atoms with Crippen LogP contribution in [-0.4, -0.2) is 14.0 Å². The summed E-state index contributed by atoms with van der Waals surface area (Å²) in [7, 11) is 5.33. The number of alkyl halides is 3. The van der Waals surface area contributed by atoms with Crippen molar-refractivity contribution in [1.29, 1.82) is 0 Å². The summed E-state index contributed by atoms with van der Waals surface area (Å²) < 4.78 is 36.0. The van der Waals surface area contributed by atoms with Crippen LogP contribution in [0, 0.1) is 5.92 Å². The molecule has 0 bridgehead atoms. The molecule has 0 N–H and O–H groups in total. The lowest BCUT2D eigenvalue weighted by Gasteiger charge is -2.22. The third kappa shape index (κ3) is 2.28. The molecule has 0 aromatic carbocycles. The first kappa shape index (κ1) is 8.69. The third-order valence-corrected chi connectivity index (χ3v) is 1.91. The Morgan fingerprint density at radius 2 is 2.09 bits per heavy atom. The normalized spacial score (nSPS) is 26.5. The Morgan fingerprint density at radius 3 is 2.45 bits per heavy atom. The molecule has 0 heterocycles. The maximum absolute atomic E-state index is 12.0. The van der Waals surface area contributed by atoms with Crippen molar-refractivity contribution in [3.8, 4) is 0 Å². The SMILES string of the molecule is [B]C1=CCC(C(F)(F)F)CC1. The molecule has 1 aliphatic carbocycles. The van der Waals surface area contributed by atoms with Gasteiger partial charge in [-0.05, 0) is 19.3 Å². The highest BCUT2D eigenvalue weighted by Crippen LogP contribution is 2.35. The maximum atomic E-state index is 12.0. The van der Waals surface area contributed by atoms with Crippen molar-refractivity contribution in [1.82, 2.24) is 0 Å². The molecule has 0 saturated carbocycles. The molecule has 2 radical (unpaired) electrons. The summed E-state index contributed by atoms with van der Waals surface area (Å²) >= 11 is 0. The second kappa shape index (κ2) is 2.91. The molecule has 0 aromatic rings. The van der Waals surface area contributed by atoms with E-state index in [1.165, 1.54) is 6.08 Å². The Kier molecular flexibility index (Phi) is 2.30. The van der Waals surface area contributed by atoms with Crippen LogP contribution in [0.5, 0.6) is 0 Å². The summed E-state index contributed by atoms with van der Waals surface area (Å²) in [6, 6.07) is 0. The van der Waals surface area contributed by atoms with Gasteiger partial charge in [-0.15, -0.1) is 5.47 Å². The number of hydrogen-bond donors (Lipinski definition) is 0. The highest BCUT2D eigenvalue weighted by Gasteiger charge is 2.39. The molecular formula is C7H8BF3. The van der Waals surface area contributed by atoms with Crippen LogP contribution in [0.1, 0.15) is 19.3 Å². The molecule has 1 rings (SSSR count). The number of halogens is 3. The number of rotatable bonds is 0. The van der Waals surface area contributed by atoms with E-state index in [1.807, 2.05) is 0 Å². The highest BCUT2D eigenvalue weighted by atomic mass is 19.4. The first-order valence-electron chi connectivity index (χ1n) is 3.51. The molecule has 0 saturated heterocycles. The molecule has 0 fully saturated rings. The minimum absolute atomic E-state index is 0.0509. The van der Waals surface area contributed by atoms with Gasteiger partial charge >= 0.3 is 6.18 Å². The van der Waals surface area contributed by atoms with Gasteiger partial charge < -0.3 is 0 Å². The fourth-order valence-corrected chi connectivity index (χ4v) is 1.15. The van der Waals surface area contributed by atoms with Crippen LogP contribution in [0.25, 0.3) is 0 Å². The fourth-order valence-electron chi connectivity index (χ4n) is 1.15. The zero-order valence-electron chi connectivity index (χ0n) is 5.99. The molecule has 0 spiro atoms. The van der Waals surface area contributed by atoms with Crippen molar-refractivity contribution in [2.75, 3.05) is 0 Å². The number of allylic oxidation sites excluding steroid dienone is 2. The second-order valence-corrected chi connectivity index (χ2v) is 2.79. The van der Waals surface area contributed by atoms with Crippen molar-refractivity contribution < 1.29 is 13.2 Å². The van der Waals surface area contributed by atoms with Gasteiger partial charge in [0.1, 0.15) is 7.85 Å². The largest absolute Gasteiger partial charge is 0.392 e. The lowest BCUT2D eigenvalue weighted by atomic mass is 9.80. The Labute approximate surface area is 64.9 Å². The first-order valence-corrected chi connectivity index (χ1v) is 3.51. The van der Waals surface area contributed by atoms with Crippen LogP contribution >= 0.6 is 0 Å². The van der Waals surface area contributed by atoms with E-state index in [4.69, 9.17) is 7.85 Å². The van der Waals surface area contributed by atoms with E-state index in [1.54, 1.807) is 0 Å². The summed E-state index contributed by atoms with van der Waals surface area (Å²) in [6.45, 7) is 0. The lowest BCUT2D eigenvalue weighted by molar-refractivity contribution is -0.176. The van der Waals surface area contributed by atoms with E-state index < -0.39 is 12.1 Å². The summed E-state index contributed by atoms with van der Waals surface area (Å²) in [5.74, 6) is -1.17. The summed E-state index contributed by atoms with van der Waals surface area (Å²) in [4.78, 5) is 0. The second-order valence-electron chi connectivity index (χ2n) is 2.79. The minimum atomic E-state index is -4.04. The van der Waals surface area contributed by atoms with Gasteiger partial charge in [-0.25, -0.2) is 0 Å². The Balaban J connectivity index is 2.54. The molecule has 1 unspecified atom stereocenters. The zero-order chi connectivity index (χ0) is 8.48. The van der Waals surface area contributed by atoms with Gasteiger partial charge in [-0.2, -0.15) is 13.2 Å². The van der Waals surface area contributed by atoms with Gasteiger partial charge in [0.05, 0.1) is 5.92 Å². The molecule has 0 aliphatic heterocycles. The minimum Gasteiger partial charge on any atom is -0.171 e. The Hall–Kier alpha value is -0.405. The van der Waals surface area contributed by atoms with E-state index in [2.05, 4.69) is 0 Å². The van der Waals surface area contributed by atoms with Crippen LogP contribution in [-0.2, 0) is 0 Å². The molecule has 0 amide bonds. The summed E-state index contributed by atoms with van der Waals surface area (Å²) in [5, 5.41) is 0. The topological polar surface area (TPSA) is 0 Å². The van der Waals surface area contributed by atoms with E-state index in [-0.39, 0.29) is 12.8 Å². The van der Waals surface area contributed by atoms with Crippen LogP contribution < -0.4 is 0 Å². The van der Waals surface area contributed by atoms with Crippen LogP contribution in [0.3, 0.4) is 0 Å². The van der Waals surface area contributed by atoms with Gasteiger partial charge in [0, 0.05) is 0 Å². The monoisotopic (exact) mass is 160 g/mol. The molecule has 0 nitrogen and oxygen atoms in total. The van der Waals surface area contributed by atoms with Crippen molar-refractivity contribution in [3.63, 3.8) is 0 Å². The standard InChI is InChI=1S/C7H8BF3/c8-6-3-1-5(2-4-6)7(9,10)11/h3,5H,1-2,4H2. The third-order valence-electron chi connectivity index (χ3n) is 1.91. The van der Waals surface area contributed by atoms with Gasteiger partial charge in [-0.3, -0.25) is 0 Å². The van der Waals surface area contributed by atoms with Gasteiger partial charge in [0.15, 0.2) is 0 Å². The quantitative estimate of drug-likeness (QED) is 0.477. The smallest absolute Gasteiger partial charge is 0.171 e. The Morgan fingerprint density at radius 1 is 1.45 bits per heavy atom. The van der Waals surface area contributed by atoms with Crippen LogP contribution in [0.15, 0.2) is 11.5 Å². The van der Waals surface area contributed by atoms with Crippen LogP contribution in [0.2, 0.25) is 0 Å². The summed E-state index contributed by atoms with van der Waals surface area (Å²) in [5.41, 5.74) is 0.588. The average molecular weight is 160 g/mol. The van der Waals surface area contributed by atoms with Crippen molar-refractivity contribution >= 4 is 7.85 Å². The van der Waals surface area contributed by atoms with Crippen molar-refractivity contribution in [3.05, 3.63) is 11.5 Å². The molecular weight excluding hydrogens is 152 g/mol. The Bertz CT molecular complexity index is 171. The molecule has 1 atom stereocenters. The van der Waals surface area contributed by atoms with Crippen molar-refractivity contribution in [2.45, 2.75) is 25.4 Å². The van der Waals surface area contributed by atoms with E-state index in [0.717, 1.165) is 0 Å². The highest BCUT2D eigenvalue weighted by molar-refractivity contribution is 6.21. The van der Waals surface area contributed by atoms with E-state index in [9.17, 15) is 13.2 Å². The maximum Gasteiger partial charge on any atom is 0.392 e. The van der Waals surface area contributed by atoms with Crippen molar-refractivity contribution in [2.24, 2.45) is 5.92 Å². The molecule has 1 aliphatic rings. The predicted octanol–water partition coefficient (Wildman–Crippen LogP) is 2.40. The predicted molar refractivity (Wildman–Crippen MR) is 37.2 cm³/mol. The summed E-state index contributed by atoms with van der Waals surface area (Å²) in [6.07, 6.45) is -2.00. The van der Waals surface area contributed by atoms with Gasteiger partial charge in [-0.1, -0.05) is 6.08 Å². The fraction of sp³-hybridized carbons (Fsp3) is 0.714. The molecule has 11 heavy (non-hydrogen) atoms. The average Bonchev–Trinajstić information content (AvgIpc) is 1.86. The number of hydrogen-bond acceptors (Lipinski definition) is 0. The zero-order valence-corrected chi connectivity index (χ0v) is 5.99. The van der Waals surface area contributed by atoms with Gasteiger partial charge in [0.25, 0.3) is 0 Å².